The highest BCUT2D eigenvalue weighted by Crippen LogP contribution is 2.35. The fourth-order valence-corrected chi connectivity index (χ4v) is 4.19. The van der Waals surface area contributed by atoms with Gasteiger partial charge in [-0.05, 0) is 54.7 Å². The predicted octanol–water partition coefficient (Wildman–Crippen LogP) is 4.33. The van der Waals surface area contributed by atoms with Gasteiger partial charge >= 0.3 is 0 Å². The van der Waals surface area contributed by atoms with Gasteiger partial charge in [-0.1, -0.05) is 27.7 Å². The van der Waals surface area contributed by atoms with Crippen LogP contribution in [0.5, 0.6) is 0 Å². The number of hydrogen-bond donors (Lipinski definition) is 1. The molecule has 2 atom stereocenters. The third-order valence-corrected chi connectivity index (χ3v) is 5.94. The molecule has 2 nitrogen and oxygen atoms in total. The molecule has 2 heterocycles. The summed E-state index contributed by atoms with van der Waals surface area (Å²) < 4.78 is 0. The van der Waals surface area contributed by atoms with Crippen molar-refractivity contribution in [2.24, 2.45) is 11.3 Å². The summed E-state index contributed by atoms with van der Waals surface area (Å²) in [6.07, 6.45) is 2.47. The lowest BCUT2D eigenvalue weighted by Crippen LogP contribution is -2.45. The summed E-state index contributed by atoms with van der Waals surface area (Å²) in [4.78, 5) is 4.30. The molecule has 0 amide bonds. The van der Waals surface area contributed by atoms with Gasteiger partial charge < -0.3 is 5.32 Å². The Morgan fingerprint density at radius 2 is 2.24 bits per heavy atom. The van der Waals surface area contributed by atoms with Crippen LogP contribution < -0.4 is 5.32 Å². The maximum Gasteiger partial charge on any atom is 0.0331 e. The van der Waals surface area contributed by atoms with Gasteiger partial charge in [0.25, 0.3) is 0 Å². The highest BCUT2D eigenvalue weighted by atomic mass is 32.1. The van der Waals surface area contributed by atoms with Crippen molar-refractivity contribution >= 4 is 11.3 Å². The molecule has 0 spiro atoms. The lowest BCUT2D eigenvalue weighted by molar-refractivity contribution is 0.113. The molecule has 1 aliphatic heterocycles. The average molecular weight is 309 g/mol. The Labute approximate surface area is 134 Å². The third kappa shape index (κ3) is 4.30. The van der Waals surface area contributed by atoms with Crippen molar-refractivity contribution in [3.05, 3.63) is 21.9 Å². The van der Waals surface area contributed by atoms with E-state index in [0.29, 0.717) is 11.5 Å². The van der Waals surface area contributed by atoms with Crippen molar-refractivity contribution < 1.29 is 0 Å². The monoisotopic (exact) mass is 308 g/mol. The molecule has 3 heteroatoms. The van der Waals surface area contributed by atoms with Crippen molar-refractivity contribution in [3.63, 3.8) is 0 Å². The van der Waals surface area contributed by atoms with E-state index in [1.54, 1.807) is 10.4 Å². The number of nitrogens with zero attached hydrogens (tertiary/aromatic N) is 1. The van der Waals surface area contributed by atoms with E-state index >= 15 is 0 Å². The topological polar surface area (TPSA) is 15.3 Å². The molecule has 1 N–H and O–H groups in total. The van der Waals surface area contributed by atoms with E-state index in [1.165, 1.54) is 25.9 Å². The second kappa shape index (κ2) is 7.26. The zero-order valence-corrected chi connectivity index (χ0v) is 15.2. The molecule has 1 aromatic heterocycles. The average Bonchev–Trinajstić information content (AvgIpc) is 2.91. The summed E-state index contributed by atoms with van der Waals surface area (Å²) in [5.74, 6) is 0.730. The predicted molar refractivity (Wildman–Crippen MR) is 94.1 cm³/mol. The fraction of sp³-hybridized carbons (Fsp3) is 0.778. The molecule has 1 aromatic rings. The quantitative estimate of drug-likeness (QED) is 0.806. The van der Waals surface area contributed by atoms with E-state index in [9.17, 15) is 0 Å². The van der Waals surface area contributed by atoms with Crippen LogP contribution in [0, 0.1) is 11.3 Å². The largest absolute Gasteiger partial charge is 0.316 e. The van der Waals surface area contributed by atoms with Gasteiger partial charge in [0, 0.05) is 30.6 Å². The summed E-state index contributed by atoms with van der Waals surface area (Å²) in [5.41, 5.74) is 1.94. The number of hydrogen-bond acceptors (Lipinski definition) is 3. The molecule has 1 aliphatic rings. The number of nitrogens with one attached hydrogen (secondary N) is 1. The van der Waals surface area contributed by atoms with E-state index in [0.717, 1.165) is 19.0 Å². The van der Waals surface area contributed by atoms with Gasteiger partial charge in [0.2, 0.25) is 0 Å². The van der Waals surface area contributed by atoms with E-state index in [-0.39, 0.29) is 0 Å². The van der Waals surface area contributed by atoms with Crippen LogP contribution in [-0.2, 0) is 6.42 Å². The van der Waals surface area contributed by atoms with Gasteiger partial charge in [-0.3, -0.25) is 4.90 Å². The van der Waals surface area contributed by atoms with Crippen LogP contribution in [0.15, 0.2) is 11.4 Å². The normalized spacial score (nSPS) is 22.3. The molecular formula is C18H32N2S. The Hall–Kier alpha value is -0.380. The highest BCUT2D eigenvalue weighted by Gasteiger charge is 2.31. The second-order valence-corrected chi connectivity index (χ2v) is 8.39. The molecule has 0 saturated heterocycles. The van der Waals surface area contributed by atoms with Crippen molar-refractivity contribution in [2.45, 2.75) is 53.5 Å². The molecule has 0 aromatic carbocycles. The first-order chi connectivity index (χ1) is 9.95. The highest BCUT2D eigenvalue weighted by molar-refractivity contribution is 7.10. The molecule has 0 bridgehead atoms. The Kier molecular flexibility index (Phi) is 5.87. The second-order valence-electron chi connectivity index (χ2n) is 7.38. The Balaban J connectivity index is 1.95. The van der Waals surface area contributed by atoms with E-state index in [4.69, 9.17) is 0 Å². The lowest BCUT2D eigenvalue weighted by Gasteiger charge is -2.40. The van der Waals surface area contributed by atoms with Crippen molar-refractivity contribution in [3.8, 4) is 0 Å². The first-order valence-electron chi connectivity index (χ1n) is 8.46. The molecule has 120 valence electrons. The first kappa shape index (κ1) is 17.0. The molecular weight excluding hydrogens is 276 g/mol. The zero-order chi connectivity index (χ0) is 15.5. The minimum atomic E-state index is 0.372. The molecule has 0 saturated carbocycles. The van der Waals surface area contributed by atoms with Crippen LogP contribution in [0.3, 0.4) is 0 Å². The molecule has 2 rings (SSSR count). The van der Waals surface area contributed by atoms with Crippen molar-refractivity contribution in [2.75, 3.05) is 26.2 Å². The lowest BCUT2D eigenvalue weighted by atomic mass is 9.85. The molecule has 0 fully saturated rings. The van der Waals surface area contributed by atoms with Crippen LogP contribution in [0.1, 0.15) is 57.5 Å². The number of fused-ring (bicyclic) bond motifs is 1. The summed E-state index contributed by atoms with van der Waals surface area (Å²) in [7, 11) is 0. The molecule has 2 unspecified atom stereocenters. The number of rotatable bonds is 7. The van der Waals surface area contributed by atoms with Crippen LogP contribution in [-0.4, -0.2) is 31.1 Å². The SMILES string of the molecule is CCC(C)(CNCC(C)C)CN1CCc2sccc2C1C. The van der Waals surface area contributed by atoms with E-state index in [1.807, 2.05) is 11.3 Å². The van der Waals surface area contributed by atoms with Crippen molar-refractivity contribution in [1.29, 1.82) is 0 Å². The minimum absolute atomic E-state index is 0.372. The summed E-state index contributed by atoms with van der Waals surface area (Å²) >= 11 is 1.93. The Morgan fingerprint density at radius 1 is 1.48 bits per heavy atom. The van der Waals surface area contributed by atoms with E-state index in [2.05, 4.69) is 56.3 Å². The summed E-state index contributed by atoms with van der Waals surface area (Å²) in [6.45, 7) is 16.4. The minimum Gasteiger partial charge on any atom is -0.316 e. The maximum atomic E-state index is 3.67. The van der Waals surface area contributed by atoms with Crippen LogP contribution >= 0.6 is 11.3 Å². The zero-order valence-electron chi connectivity index (χ0n) is 14.4. The molecule has 21 heavy (non-hydrogen) atoms. The smallest absolute Gasteiger partial charge is 0.0331 e. The summed E-state index contributed by atoms with van der Waals surface area (Å²) in [5, 5.41) is 5.93. The third-order valence-electron chi connectivity index (χ3n) is 4.95. The van der Waals surface area contributed by atoms with Crippen LogP contribution in [0.4, 0.5) is 0 Å². The standard InChI is InChI=1S/C18H32N2S/c1-6-18(5,12-19-11-14(2)3)13-20-9-7-17-16(15(20)4)8-10-21-17/h8,10,14-15,19H,6-7,9,11-13H2,1-5H3. The van der Waals surface area contributed by atoms with Crippen LogP contribution in [0.2, 0.25) is 0 Å². The fourth-order valence-electron chi connectivity index (χ4n) is 3.22. The van der Waals surface area contributed by atoms with Crippen molar-refractivity contribution in [1.82, 2.24) is 10.2 Å². The number of thiophene rings is 1. The summed E-state index contributed by atoms with van der Waals surface area (Å²) in [6, 6.07) is 2.91. The van der Waals surface area contributed by atoms with Gasteiger partial charge in [-0.2, -0.15) is 0 Å². The molecule has 0 radical (unpaired) electrons. The van der Waals surface area contributed by atoms with Gasteiger partial charge in [0.15, 0.2) is 0 Å². The van der Waals surface area contributed by atoms with E-state index < -0.39 is 0 Å². The van der Waals surface area contributed by atoms with Gasteiger partial charge in [-0.15, -0.1) is 11.3 Å². The van der Waals surface area contributed by atoms with Crippen LogP contribution in [0.25, 0.3) is 0 Å². The Morgan fingerprint density at radius 3 is 2.90 bits per heavy atom. The molecule has 0 aliphatic carbocycles. The van der Waals surface area contributed by atoms with Gasteiger partial charge in [-0.25, -0.2) is 0 Å². The maximum absolute atomic E-state index is 3.67. The van der Waals surface area contributed by atoms with Gasteiger partial charge in [0.05, 0.1) is 0 Å². The Bertz CT molecular complexity index is 440. The first-order valence-corrected chi connectivity index (χ1v) is 9.34. The van der Waals surface area contributed by atoms with Gasteiger partial charge in [0.1, 0.15) is 0 Å².